The lowest BCUT2D eigenvalue weighted by Crippen LogP contribution is -2.39. The van der Waals surface area contributed by atoms with Crippen molar-refractivity contribution in [3.05, 3.63) is 65.7 Å². The molecular weight excluding hydrogens is 439 g/mol. The first kappa shape index (κ1) is 23.1. The van der Waals surface area contributed by atoms with Gasteiger partial charge in [0.1, 0.15) is 17.4 Å². The number of anilines is 1. The van der Waals surface area contributed by atoms with Crippen molar-refractivity contribution in [2.24, 2.45) is 0 Å². The Morgan fingerprint density at radius 3 is 2.58 bits per heavy atom. The maximum absolute atomic E-state index is 13.8. The van der Waals surface area contributed by atoms with Gasteiger partial charge in [-0.25, -0.2) is 22.5 Å². The zero-order valence-electron chi connectivity index (χ0n) is 17.3. The summed E-state index contributed by atoms with van der Waals surface area (Å²) in [4.78, 5) is 4.57. The van der Waals surface area contributed by atoms with E-state index in [9.17, 15) is 12.8 Å². The van der Waals surface area contributed by atoms with Crippen molar-refractivity contribution in [2.75, 3.05) is 19.0 Å². The second kappa shape index (κ2) is 10.7. The Balaban J connectivity index is 1.61. The monoisotopic (exact) mass is 464 g/mol. The van der Waals surface area contributed by atoms with Gasteiger partial charge in [0.05, 0.1) is 12.0 Å². The molecule has 0 amide bonds. The van der Waals surface area contributed by atoms with Crippen LogP contribution in [-0.2, 0) is 16.4 Å². The standard InChI is InChI=1S/C21H25FN4O3S2/c1-3-6-16(26-31(27,28)18-11-9-17(29-2)10-12-18)14-23-21-24-20(25-30-21)13-15-7-4-5-8-19(15)22/h4-5,7-12,16,26H,3,6,13-14H2,1-2H3,(H,23,24,25). The number of hydrogen-bond acceptors (Lipinski definition) is 7. The SMILES string of the molecule is CCCC(CNc1nc(Cc2ccccc2F)ns1)NS(=O)(=O)c1ccc(OC)cc1. The predicted octanol–water partition coefficient (Wildman–Crippen LogP) is 3.84. The summed E-state index contributed by atoms with van der Waals surface area (Å²) in [5.41, 5.74) is 0.531. The van der Waals surface area contributed by atoms with Gasteiger partial charge in [-0.15, -0.1) is 0 Å². The van der Waals surface area contributed by atoms with Gasteiger partial charge in [0.2, 0.25) is 15.2 Å². The quantitative estimate of drug-likeness (QED) is 0.448. The first-order chi connectivity index (χ1) is 14.9. The molecule has 2 aromatic carbocycles. The lowest BCUT2D eigenvalue weighted by molar-refractivity contribution is 0.414. The van der Waals surface area contributed by atoms with Gasteiger partial charge in [-0.05, 0) is 42.3 Å². The summed E-state index contributed by atoms with van der Waals surface area (Å²) in [5.74, 6) is 0.819. The third-order valence-corrected chi connectivity index (χ3v) is 6.85. The summed E-state index contributed by atoms with van der Waals surface area (Å²) in [6, 6.07) is 12.4. The van der Waals surface area contributed by atoms with Crippen LogP contribution >= 0.6 is 11.5 Å². The highest BCUT2D eigenvalue weighted by Gasteiger charge is 2.20. The van der Waals surface area contributed by atoms with E-state index in [0.29, 0.717) is 41.7 Å². The molecule has 0 aliphatic rings. The molecule has 0 aliphatic heterocycles. The van der Waals surface area contributed by atoms with Crippen molar-refractivity contribution in [3.8, 4) is 5.75 Å². The molecule has 31 heavy (non-hydrogen) atoms. The molecule has 1 atom stereocenters. The first-order valence-corrected chi connectivity index (χ1v) is 12.1. The second-order valence-corrected chi connectivity index (χ2v) is 9.41. The first-order valence-electron chi connectivity index (χ1n) is 9.87. The highest BCUT2D eigenvalue weighted by molar-refractivity contribution is 7.89. The van der Waals surface area contributed by atoms with Crippen LogP contribution < -0.4 is 14.8 Å². The van der Waals surface area contributed by atoms with Crippen molar-refractivity contribution in [1.82, 2.24) is 14.1 Å². The van der Waals surface area contributed by atoms with Crippen LogP contribution in [0.3, 0.4) is 0 Å². The number of methoxy groups -OCH3 is 1. The minimum atomic E-state index is -3.67. The molecule has 1 aromatic heterocycles. The van der Waals surface area contributed by atoms with Crippen molar-refractivity contribution >= 4 is 26.7 Å². The summed E-state index contributed by atoms with van der Waals surface area (Å²) < 4.78 is 51.4. The molecule has 0 saturated carbocycles. The Morgan fingerprint density at radius 2 is 1.90 bits per heavy atom. The van der Waals surface area contributed by atoms with E-state index in [-0.39, 0.29) is 16.8 Å². The Hall–Kier alpha value is -2.56. The van der Waals surface area contributed by atoms with Crippen molar-refractivity contribution in [1.29, 1.82) is 0 Å². The molecule has 2 N–H and O–H groups in total. The summed E-state index contributed by atoms with van der Waals surface area (Å²) in [5, 5.41) is 3.71. The van der Waals surface area contributed by atoms with Gasteiger partial charge in [-0.2, -0.15) is 4.37 Å². The molecule has 10 heteroatoms. The fraction of sp³-hybridized carbons (Fsp3) is 0.333. The highest BCUT2D eigenvalue weighted by atomic mass is 32.2. The topological polar surface area (TPSA) is 93.2 Å². The van der Waals surface area contributed by atoms with Gasteiger partial charge in [-0.3, -0.25) is 0 Å². The van der Waals surface area contributed by atoms with Gasteiger partial charge in [-0.1, -0.05) is 31.5 Å². The molecule has 1 heterocycles. The van der Waals surface area contributed by atoms with Crippen molar-refractivity contribution < 1.29 is 17.5 Å². The van der Waals surface area contributed by atoms with E-state index in [1.54, 1.807) is 30.3 Å². The summed E-state index contributed by atoms with van der Waals surface area (Å²) >= 11 is 1.17. The van der Waals surface area contributed by atoms with Crippen LogP contribution in [0.15, 0.2) is 53.4 Å². The largest absolute Gasteiger partial charge is 0.497 e. The Bertz CT molecular complexity index is 1090. The number of hydrogen-bond donors (Lipinski definition) is 2. The number of aromatic nitrogens is 2. The maximum Gasteiger partial charge on any atom is 0.240 e. The van der Waals surface area contributed by atoms with E-state index in [1.807, 2.05) is 6.92 Å². The molecule has 0 radical (unpaired) electrons. The van der Waals surface area contributed by atoms with Crippen LogP contribution in [-0.4, -0.2) is 37.5 Å². The second-order valence-electron chi connectivity index (χ2n) is 6.95. The predicted molar refractivity (Wildman–Crippen MR) is 120 cm³/mol. The van der Waals surface area contributed by atoms with Crippen LogP contribution in [0.2, 0.25) is 0 Å². The third-order valence-electron chi connectivity index (χ3n) is 4.60. The van der Waals surface area contributed by atoms with Gasteiger partial charge in [0.15, 0.2) is 0 Å². The van der Waals surface area contributed by atoms with Crippen LogP contribution in [0.1, 0.15) is 31.2 Å². The van der Waals surface area contributed by atoms with Gasteiger partial charge in [0.25, 0.3) is 0 Å². The van der Waals surface area contributed by atoms with Crippen LogP contribution in [0, 0.1) is 5.82 Å². The zero-order chi connectivity index (χ0) is 22.3. The Kier molecular flexibility index (Phi) is 7.94. The minimum absolute atomic E-state index is 0.178. The van der Waals surface area contributed by atoms with Crippen LogP contribution in [0.5, 0.6) is 5.75 Å². The van der Waals surface area contributed by atoms with Crippen LogP contribution in [0.4, 0.5) is 9.52 Å². The average Bonchev–Trinajstić information content (AvgIpc) is 3.21. The van der Waals surface area contributed by atoms with E-state index in [2.05, 4.69) is 19.4 Å². The molecule has 3 rings (SSSR count). The number of sulfonamides is 1. The number of nitrogens with one attached hydrogen (secondary N) is 2. The molecule has 0 spiro atoms. The van der Waals surface area contributed by atoms with Crippen LogP contribution in [0.25, 0.3) is 0 Å². The summed E-state index contributed by atoms with van der Waals surface area (Å²) in [6.07, 6.45) is 1.77. The van der Waals surface area contributed by atoms with Gasteiger partial charge in [0, 0.05) is 30.5 Å². The van der Waals surface area contributed by atoms with E-state index in [1.165, 1.54) is 36.8 Å². The van der Waals surface area contributed by atoms with Crippen molar-refractivity contribution in [3.63, 3.8) is 0 Å². The molecule has 3 aromatic rings. The molecule has 7 nitrogen and oxygen atoms in total. The summed E-state index contributed by atoms with van der Waals surface area (Å²) in [7, 11) is -2.14. The number of halogens is 1. The van der Waals surface area contributed by atoms with Gasteiger partial charge >= 0.3 is 0 Å². The fourth-order valence-corrected chi connectivity index (χ4v) is 4.88. The molecular formula is C21H25FN4O3S2. The molecule has 0 saturated heterocycles. The van der Waals surface area contributed by atoms with Crippen molar-refractivity contribution in [2.45, 2.75) is 37.1 Å². The van der Waals surface area contributed by atoms with Gasteiger partial charge < -0.3 is 10.1 Å². The lowest BCUT2D eigenvalue weighted by atomic mass is 10.1. The van der Waals surface area contributed by atoms with E-state index in [0.717, 1.165) is 6.42 Å². The highest BCUT2D eigenvalue weighted by Crippen LogP contribution is 2.18. The Labute approximate surface area is 185 Å². The fourth-order valence-electron chi connectivity index (χ4n) is 3.01. The average molecular weight is 465 g/mol. The number of ether oxygens (including phenoxy) is 1. The van der Waals surface area contributed by atoms with E-state index >= 15 is 0 Å². The molecule has 0 aliphatic carbocycles. The van der Waals surface area contributed by atoms with E-state index in [4.69, 9.17) is 4.74 Å². The number of rotatable bonds is 11. The normalized spacial score (nSPS) is 12.5. The van der Waals surface area contributed by atoms with E-state index < -0.39 is 10.0 Å². The molecule has 0 bridgehead atoms. The molecule has 0 fully saturated rings. The molecule has 1 unspecified atom stereocenters. The number of nitrogens with zero attached hydrogens (tertiary/aromatic N) is 2. The maximum atomic E-state index is 13.8. The lowest BCUT2D eigenvalue weighted by Gasteiger charge is -2.18. The number of benzene rings is 2. The smallest absolute Gasteiger partial charge is 0.240 e. The third kappa shape index (κ3) is 6.46. The zero-order valence-corrected chi connectivity index (χ0v) is 19.0. The summed E-state index contributed by atoms with van der Waals surface area (Å²) in [6.45, 7) is 2.35. The molecule has 166 valence electrons. The minimum Gasteiger partial charge on any atom is -0.497 e. The Morgan fingerprint density at radius 1 is 1.16 bits per heavy atom.